The van der Waals surface area contributed by atoms with Gasteiger partial charge in [-0.1, -0.05) is 31.2 Å². The molecule has 0 aliphatic heterocycles. The largest absolute Gasteiger partial charge is 0.481 e. The maximum Gasteiger partial charge on any atom is 0.277 e. The van der Waals surface area contributed by atoms with Crippen molar-refractivity contribution in [1.29, 1.82) is 0 Å². The van der Waals surface area contributed by atoms with Crippen LogP contribution in [0.25, 0.3) is 0 Å². The number of hydrazone groups is 1. The number of aryl methyl sites for hydroxylation is 2. The van der Waals surface area contributed by atoms with Gasteiger partial charge in [0.15, 0.2) is 6.61 Å². The van der Waals surface area contributed by atoms with Gasteiger partial charge in [0.25, 0.3) is 5.91 Å². The molecule has 0 spiro atoms. The van der Waals surface area contributed by atoms with Crippen LogP contribution in [0, 0.1) is 6.92 Å². The van der Waals surface area contributed by atoms with Crippen molar-refractivity contribution in [3.05, 3.63) is 62.0 Å². The van der Waals surface area contributed by atoms with Crippen LogP contribution in [0.5, 0.6) is 5.75 Å². The van der Waals surface area contributed by atoms with E-state index in [0.29, 0.717) is 5.75 Å². The molecule has 0 aliphatic rings. The molecule has 2 aromatic rings. The summed E-state index contributed by atoms with van der Waals surface area (Å²) in [6.45, 7) is 5.83. The van der Waals surface area contributed by atoms with Crippen molar-refractivity contribution in [2.75, 3.05) is 6.61 Å². The van der Waals surface area contributed by atoms with Crippen LogP contribution in [0.2, 0.25) is 0 Å². The molecule has 1 amide bonds. The Labute approximate surface area is 164 Å². The summed E-state index contributed by atoms with van der Waals surface area (Å²) in [5, 5.41) is 4.13. The number of carbonyl (C=O) groups excluding carboxylic acids is 1. The number of hydrogen-bond donors (Lipinski definition) is 1. The van der Waals surface area contributed by atoms with E-state index in [4.69, 9.17) is 4.74 Å². The zero-order chi connectivity index (χ0) is 18.4. The van der Waals surface area contributed by atoms with Gasteiger partial charge in [0, 0.05) is 0 Å². The lowest BCUT2D eigenvalue weighted by Gasteiger charge is -2.10. The molecule has 4 nitrogen and oxygen atoms in total. The minimum atomic E-state index is -0.316. The van der Waals surface area contributed by atoms with Gasteiger partial charge in [-0.3, -0.25) is 4.79 Å². The van der Waals surface area contributed by atoms with Crippen LogP contribution < -0.4 is 10.2 Å². The van der Waals surface area contributed by atoms with Gasteiger partial charge in [-0.2, -0.15) is 5.10 Å². The molecule has 0 unspecified atom stereocenters. The Kier molecular flexibility index (Phi) is 7.20. The SMILES string of the molecule is CCc1ccc(/C(C)=N/NC(=O)COc2c(Br)cc(C)cc2Br)cc1. The van der Waals surface area contributed by atoms with Crippen molar-refractivity contribution >= 4 is 43.5 Å². The number of carbonyl (C=O) groups is 1. The fourth-order valence-corrected chi connectivity index (χ4v) is 3.83. The average molecular weight is 468 g/mol. The molecular formula is C19H20Br2N2O2. The molecule has 0 aliphatic carbocycles. The van der Waals surface area contributed by atoms with Gasteiger partial charge in [-0.05, 0) is 81.0 Å². The number of hydrogen-bond acceptors (Lipinski definition) is 3. The first-order valence-corrected chi connectivity index (χ1v) is 9.50. The van der Waals surface area contributed by atoms with Gasteiger partial charge in [0.1, 0.15) is 5.75 Å². The number of nitrogens with zero attached hydrogens (tertiary/aromatic N) is 1. The normalized spacial score (nSPS) is 11.3. The average Bonchev–Trinajstić information content (AvgIpc) is 2.58. The number of amides is 1. The van der Waals surface area contributed by atoms with Gasteiger partial charge in [-0.25, -0.2) is 5.43 Å². The fraction of sp³-hybridized carbons (Fsp3) is 0.263. The van der Waals surface area contributed by atoms with Crippen LogP contribution in [0.3, 0.4) is 0 Å². The molecule has 0 saturated heterocycles. The first-order chi connectivity index (χ1) is 11.9. The van der Waals surface area contributed by atoms with Gasteiger partial charge < -0.3 is 4.74 Å². The Bertz CT molecular complexity index is 764. The molecule has 0 heterocycles. The van der Waals surface area contributed by atoms with Crippen molar-refractivity contribution < 1.29 is 9.53 Å². The van der Waals surface area contributed by atoms with Crippen LogP contribution in [-0.4, -0.2) is 18.2 Å². The van der Waals surface area contributed by atoms with E-state index in [2.05, 4.69) is 61.4 Å². The Morgan fingerprint density at radius 3 is 2.32 bits per heavy atom. The summed E-state index contributed by atoms with van der Waals surface area (Å²) >= 11 is 6.88. The highest BCUT2D eigenvalue weighted by molar-refractivity contribution is 9.11. The van der Waals surface area contributed by atoms with Gasteiger partial charge in [0.2, 0.25) is 0 Å². The highest BCUT2D eigenvalue weighted by Crippen LogP contribution is 2.34. The second-order valence-corrected chi connectivity index (χ2v) is 7.34. The second kappa shape index (κ2) is 9.15. The second-order valence-electron chi connectivity index (χ2n) is 5.63. The predicted octanol–water partition coefficient (Wildman–Crippen LogP) is 5.00. The van der Waals surface area contributed by atoms with Gasteiger partial charge in [0.05, 0.1) is 14.7 Å². The van der Waals surface area contributed by atoms with E-state index in [9.17, 15) is 4.79 Å². The number of ether oxygens (including phenoxy) is 1. The Morgan fingerprint density at radius 2 is 1.76 bits per heavy atom. The van der Waals surface area contributed by atoms with E-state index in [1.165, 1.54) is 5.56 Å². The third-order valence-electron chi connectivity index (χ3n) is 3.62. The summed E-state index contributed by atoms with van der Waals surface area (Å²) in [7, 11) is 0. The van der Waals surface area contributed by atoms with E-state index in [0.717, 1.165) is 32.2 Å². The maximum absolute atomic E-state index is 12.0. The molecular weight excluding hydrogens is 448 g/mol. The molecule has 0 fully saturated rings. The number of halogens is 2. The molecule has 0 bridgehead atoms. The van der Waals surface area contributed by atoms with Crippen LogP contribution in [0.15, 0.2) is 50.4 Å². The molecule has 25 heavy (non-hydrogen) atoms. The highest BCUT2D eigenvalue weighted by atomic mass is 79.9. The van der Waals surface area contributed by atoms with Crippen molar-refractivity contribution in [2.45, 2.75) is 27.2 Å². The van der Waals surface area contributed by atoms with Crippen LogP contribution in [-0.2, 0) is 11.2 Å². The summed E-state index contributed by atoms with van der Waals surface area (Å²) in [6, 6.07) is 12.0. The molecule has 0 aromatic heterocycles. The number of rotatable bonds is 6. The van der Waals surface area contributed by atoms with Crippen LogP contribution in [0.4, 0.5) is 0 Å². The van der Waals surface area contributed by atoms with Crippen molar-refractivity contribution in [3.63, 3.8) is 0 Å². The molecule has 2 rings (SSSR count). The van der Waals surface area contributed by atoms with Crippen molar-refractivity contribution in [1.82, 2.24) is 5.43 Å². The van der Waals surface area contributed by atoms with Crippen LogP contribution >= 0.6 is 31.9 Å². The van der Waals surface area contributed by atoms with Crippen LogP contribution in [0.1, 0.15) is 30.5 Å². The van der Waals surface area contributed by atoms with Crippen molar-refractivity contribution in [3.8, 4) is 5.75 Å². The Hall–Kier alpha value is -1.66. The lowest BCUT2D eigenvalue weighted by molar-refractivity contribution is -0.123. The summed E-state index contributed by atoms with van der Waals surface area (Å²) in [5.74, 6) is 0.278. The smallest absolute Gasteiger partial charge is 0.277 e. The minimum absolute atomic E-state index is 0.119. The molecule has 0 radical (unpaired) electrons. The first-order valence-electron chi connectivity index (χ1n) is 7.91. The molecule has 132 valence electrons. The monoisotopic (exact) mass is 466 g/mol. The lowest BCUT2D eigenvalue weighted by atomic mass is 10.1. The molecule has 2 aromatic carbocycles. The lowest BCUT2D eigenvalue weighted by Crippen LogP contribution is -2.25. The summed E-state index contributed by atoms with van der Waals surface area (Å²) in [4.78, 5) is 12.0. The third-order valence-corrected chi connectivity index (χ3v) is 4.80. The molecule has 0 saturated carbocycles. The van der Waals surface area contributed by atoms with Crippen molar-refractivity contribution in [2.24, 2.45) is 5.10 Å². The summed E-state index contributed by atoms with van der Waals surface area (Å²) in [6.07, 6.45) is 0.995. The zero-order valence-corrected chi connectivity index (χ0v) is 17.6. The summed E-state index contributed by atoms with van der Waals surface area (Å²) in [5.41, 5.74) is 6.60. The predicted molar refractivity (Wildman–Crippen MR) is 108 cm³/mol. The first kappa shape index (κ1) is 19.7. The minimum Gasteiger partial charge on any atom is -0.481 e. The number of nitrogens with one attached hydrogen (secondary N) is 1. The zero-order valence-electron chi connectivity index (χ0n) is 14.4. The Balaban J connectivity index is 1.93. The highest BCUT2D eigenvalue weighted by Gasteiger charge is 2.10. The van der Waals surface area contributed by atoms with E-state index in [1.807, 2.05) is 38.1 Å². The van der Waals surface area contributed by atoms with E-state index < -0.39 is 0 Å². The van der Waals surface area contributed by atoms with E-state index in [1.54, 1.807) is 0 Å². The van der Waals surface area contributed by atoms with E-state index in [-0.39, 0.29) is 12.5 Å². The number of benzene rings is 2. The van der Waals surface area contributed by atoms with Gasteiger partial charge >= 0.3 is 0 Å². The topological polar surface area (TPSA) is 50.7 Å². The standard InChI is InChI=1S/C19H20Br2N2O2/c1-4-14-5-7-15(8-6-14)13(3)22-23-18(24)11-25-19-16(20)9-12(2)10-17(19)21/h5-10H,4,11H2,1-3H3,(H,23,24)/b22-13+. The third kappa shape index (κ3) is 5.68. The van der Waals surface area contributed by atoms with Gasteiger partial charge in [-0.15, -0.1) is 0 Å². The molecule has 0 atom stereocenters. The molecule has 6 heteroatoms. The fourth-order valence-electron chi connectivity index (χ4n) is 2.19. The van der Waals surface area contributed by atoms with E-state index >= 15 is 0 Å². The Morgan fingerprint density at radius 1 is 1.16 bits per heavy atom. The molecule has 1 N–H and O–H groups in total. The quantitative estimate of drug-likeness (QED) is 0.480. The maximum atomic E-state index is 12.0. The summed E-state index contributed by atoms with van der Waals surface area (Å²) < 4.78 is 7.17.